The summed E-state index contributed by atoms with van der Waals surface area (Å²) >= 11 is 5.99. The van der Waals surface area contributed by atoms with Gasteiger partial charge >= 0.3 is 0 Å². The Kier molecular flexibility index (Phi) is 4.16. The fourth-order valence-corrected chi connectivity index (χ4v) is 2.86. The lowest BCUT2D eigenvalue weighted by molar-refractivity contribution is 0.601. The van der Waals surface area contributed by atoms with Crippen molar-refractivity contribution in [1.82, 2.24) is 14.8 Å². The minimum atomic E-state index is -3.36. The third kappa shape index (κ3) is 3.51. The van der Waals surface area contributed by atoms with E-state index in [2.05, 4.69) is 15.4 Å². The molecule has 1 N–H and O–H groups in total. The SMILES string of the molecule is Cn1cc(S(C)(=O)=O)c(CNc2ncc(C#N)cc2Cl)n1. The van der Waals surface area contributed by atoms with Crippen LogP contribution < -0.4 is 5.32 Å². The lowest BCUT2D eigenvalue weighted by Crippen LogP contribution is -2.07. The highest BCUT2D eigenvalue weighted by atomic mass is 35.5. The standard InChI is InChI=1S/C12H12ClN5O2S/c1-18-7-11(21(2,19)20)10(17-18)6-16-12-9(13)3-8(4-14)5-15-12/h3,5,7H,6H2,1-2H3,(H,15,16). The van der Waals surface area contributed by atoms with E-state index in [1.165, 1.54) is 23.1 Å². The molecule has 0 atom stereocenters. The average Bonchev–Trinajstić information content (AvgIpc) is 2.78. The Hall–Kier alpha value is -2.11. The van der Waals surface area contributed by atoms with Gasteiger partial charge in [0, 0.05) is 25.7 Å². The molecule has 0 aromatic carbocycles. The zero-order valence-electron chi connectivity index (χ0n) is 11.3. The van der Waals surface area contributed by atoms with Crippen LogP contribution in [0.2, 0.25) is 5.02 Å². The summed E-state index contributed by atoms with van der Waals surface area (Å²) in [7, 11) is -1.71. The molecule has 0 spiro atoms. The molecule has 0 bridgehead atoms. The monoisotopic (exact) mass is 325 g/mol. The summed E-state index contributed by atoms with van der Waals surface area (Å²) in [6.45, 7) is 0.155. The van der Waals surface area contributed by atoms with Gasteiger partial charge < -0.3 is 5.32 Å². The summed E-state index contributed by atoms with van der Waals surface area (Å²) in [5.74, 6) is 0.362. The van der Waals surface area contributed by atoms with Crippen LogP contribution in [0.15, 0.2) is 23.4 Å². The van der Waals surface area contributed by atoms with E-state index in [9.17, 15) is 8.42 Å². The first kappa shape index (κ1) is 15.3. The Morgan fingerprint density at radius 2 is 2.24 bits per heavy atom. The van der Waals surface area contributed by atoms with Crippen LogP contribution in [0, 0.1) is 11.3 Å². The topological polar surface area (TPSA) is 101 Å². The molecule has 2 aromatic heterocycles. The normalized spacial score (nSPS) is 11.1. The maximum Gasteiger partial charge on any atom is 0.178 e. The summed E-state index contributed by atoms with van der Waals surface area (Å²) in [4.78, 5) is 4.17. The average molecular weight is 326 g/mol. The van der Waals surface area contributed by atoms with Gasteiger partial charge in [0.25, 0.3) is 0 Å². The molecular weight excluding hydrogens is 314 g/mol. The summed E-state index contributed by atoms with van der Waals surface area (Å²) in [6, 6.07) is 3.41. The molecule has 9 heteroatoms. The summed E-state index contributed by atoms with van der Waals surface area (Å²) < 4.78 is 24.8. The number of nitriles is 1. The molecular formula is C12H12ClN5O2S. The van der Waals surface area contributed by atoms with Gasteiger partial charge in [-0.25, -0.2) is 13.4 Å². The fraction of sp³-hybridized carbons (Fsp3) is 0.250. The molecule has 0 radical (unpaired) electrons. The van der Waals surface area contributed by atoms with Crippen molar-refractivity contribution in [2.75, 3.05) is 11.6 Å². The molecule has 0 aliphatic heterocycles. The molecule has 0 saturated carbocycles. The molecule has 0 aliphatic rings. The van der Waals surface area contributed by atoms with Crippen LogP contribution in [0.25, 0.3) is 0 Å². The molecule has 0 amide bonds. The number of nitrogens with zero attached hydrogens (tertiary/aromatic N) is 4. The molecule has 0 saturated heterocycles. The molecule has 110 valence electrons. The van der Waals surface area contributed by atoms with Crippen molar-refractivity contribution in [2.24, 2.45) is 7.05 Å². The summed E-state index contributed by atoms with van der Waals surface area (Å²) in [6.07, 6.45) is 3.95. The van der Waals surface area contributed by atoms with Crippen LogP contribution in [0.5, 0.6) is 0 Å². The van der Waals surface area contributed by atoms with E-state index >= 15 is 0 Å². The van der Waals surface area contributed by atoms with Crippen molar-refractivity contribution >= 4 is 27.3 Å². The van der Waals surface area contributed by atoms with Crippen molar-refractivity contribution < 1.29 is 8.42 Å². The Balaban J connectivity index is 2.23. The van der Waals surface area contributed by atoms with Crippen LogP contribution in [0.1, 0.15) is 11.3 Å². The molecule has 2 rings (SSSR count). The fourth-order valence-electron chi connectivity index (χ4n) is 1.74. The second-order valence-corrected chi connectivity index (χ2v) is 6.80. The van der Waals surface area contributed by atoms with Gasteiger partial charge in [0.15, 0.2) is 9.84 Å². The highest BCUT2D eigenvalue weighted by Gasteiger charge is 2.17. The van der Waals surface area contributed by atoms with Gasteiger partial charge in [0.05, 0.1) is 17.1 Å². The molecule has 0 unspecified atom stereocenters. The van der Waals surface area contributed by atoms with Gasteiger partial charge in [-0.3, -0.25) is 4.68 Å². The van der Waals surface area contributed by atoms with E-state index < -0.39 is 9.84 Å². The molecule has 21 heavy (non-hydrogen) atoms. The molecule has 2 heterocycles. The van der Waals surface area contributed by atoms with E-state index in [0.29, 0.717) is 17.1 Å². The predicted octanol–water partition coefficient (Wildman–Crippen LogP) is 1.36. The molecule has 0 aliphatic carbocycles. The quantitative estimate of drug-likeness (QED) is 0.910. The second-order valence-electron chi connectivity index (χ2n) is 4.41. The molecule has 0 fully saturated rings. The number of aryl methyl sites for hydroxylation is 1. The first-order valence-electron chi connectivity index (χ1n) is 5.83. The van der Waals surface area contributed by atoms with Gasteiger partial charge in [-0.1, -0.05) is 11.6 Å². The Morgan fingerprint density at radius 3 is 2.81 bits per heavy atom. The third-order valence-corrected chi connectivity index (χ3v) is 4.09. The minimum absolute atomic E-state index is 0.155. The van der Waals surface area contributed by atoms with E-state index in [0.717, 1.165) is 6.26 Å². The van der Waals surface area contributed by atoms with E-state index in [1.807, 2.05) is 6.07 Å². The highest BCUT2D eigenvalue weighted by Crippen LogP contribution is 2.21. The Morgan fingerprint density at radius 1 is 1.52 bits per heavy atom. The number of nitrogens with one attached hydrogen (secondary N) is 1. The first-order chi connectivity index (χ1) is 9.81. The maximum absolute atomic E-state index is 11.7. The number of sulfone groups is 1. The van der Waals surface area contributed by atoms with Crippen LogP contribution in [0.3, 0.4) is 0 Å². The van der Waals surface area contributed by atoms with Crippen LogP contribution in [0.4, 0.5) is 5.82 Å². The molecule has 2 aromatic rings. The van der Waals surface area contributed by atoms with Crippen molar-refractivity contribution in [1.29, 1.82) is 5.26 Å². The lowest BCUT2D eigenvalue weighted by Gasteiger charge is -2.06. The predicted molar refractivity (Wildman–Crippen MR) is 77.6 cm³/mol. The third-order valence-electron chi connectivity index (χ3n) is 2.66. The number of pyridine rings is 1. The van der Waals surface area contributed by atoms with Crippen LogP contribution in [-0.4, -0.2) is 29.4 Å². The van der Waals surface area contributed by atoms with Crippen molar-refractivity contribution in [3.63, 3.8) is 0 Å². The number of hydrogen-bond acceptors (Lipinski definition) is 6. The van der Waals surface area contributed by atoms with Crippen LogP contribution in [-0.2, 0) is 23.4 Å². The van der Waals surface area contributed by atoms with Crippen molar-refractivity contribution in [2.45, 2.75) is 11.4 Å². The van der Waals surface area contributed by atoms with Crippen LogP contribution >= 0.6 is 11.6 Å². The smallest absolute Gasteiger partial charge is 0.178 e. The number of hydrogen-bond donors (Lipinski definition) is 1. The zero-order valence-corrected chi connectivity index (χ0v) is 12.9. The van der Waals surface area contributed by atoms with Gasteiger partial charge in [-0.2, -0.15) is 10.4 Å². The maximum atomic E-state index is 11.7. The van der Waals surface area contributed by atoms with Gasteiger partial charge in [-0.15, -0.1) is 0 Å². The van der Waals surface area contributed by atoms with Crippen molar-refractivity contribution in [3.8, 4) is 6.07 Å². The number of halogens is 1. The van der Waals surface area contributed by atoms with E-state index in [4.69, 9.17) is 16.9 Å². The summed E-state index contributed by atoms with van der Waals surface area (Å²) in [5.41, 5.74) is 0.724. The Bertz CT molecular complexity index is 823. The molecule has 7 nitrogen and oxygen atoms in total. The van der Waals surface area contributed by atoms with Gasteiger partial charge in [-0.05, 0) is 6.07 Å². The number of rotatable bonds is 4. The number of aromatic nitrogens is 3. The first-order valence-corrected chi connectivity index (χ1v) is 8.10. The van der Waals surface area contributed by atoms with Gasteiger partial charge in [0.1, 0.15) is 22.5 Å². The second kappa shape index (κ2) is 5.71. The van der Waals surface area contributed by atoms with E-state index in [-0.39, 0.29) is 16.5 Å². The Labute approximate surface area is 127 Å². The summed E-state index contributed by atoms with van der Waals surface area (Å²) in [5, 5.41) is 16.0. The highest BCUT2D eigenvalue weighted by molar-refractivity contribution is 7.90. The largest absolute Gasteiger partial charge is 0.363 e. The number of anilines is 1. The van der Waals surface area contributed by atoms with Crippen molar-refractivity contribution in [3.05, 3.63) is 34.7 Å². The van der Waals surface area contributed by atoms with E-state index in [1.54, 1.807) is 7.05 Å². The van der Waals surface area contributed by atoms with Gasteiger partial charge in [0.2, 0.25) is 0 Å². The lowest BCUT2D eigenvalue weighted by atomic mass is 10.3. The minimum Gasteiger partial charge on any atom is -0.363 e. The zero-order chi connectivity index (χ0) is 15.6.